The number of para-hydroxylation sites is 2. The molecule has 3 aliphatic heterocycles. The molecule has 0 bridgehead atoms. The van der Waals surface area contributed by atoms with Crippen LogP contribution in [-0.4, -0.2) is 59.6 Å². The van der Waals surface area contributed by atoms with E-state index in [0.717, 1.165) is 26.9 Å². The van der Waals surface area contributed by atoms with Crippen LogP contribution >= 0.6 is 15.9 Å². The first-order valence-corrected chi connectivity index (χ1v) is 21.9. The van der Waals surface area contributed by atoms with E-state index in [1.54, 1.807) is 27.6 Å². The first-order chi connectivity index (χ1) is 26.0. The number of aliphatic hydroxyl groups is 1. The van der Waals surface area contributed by atoms with Crippen LogP contribution in [0.2, 0.25) is 18.6 Å². The number of carbonyl (C=O) groups is 2. The first kappa shape index (κ1) is 36.3. The summed E-state index contributed by atoms with van der Waals surface area (Å²) >= 11 is 3.62. The molecule has 1 unspecified atom stereocenters. The third-order valence-corrected chi connectivity index (χ3v) is 14.1. The minimum atomic E-state index is -3.39. The Morgan fingerprint density at radius 1 is 1.00 bits per heavy atom. The van der Waals surface area contributed by atoms with E-state index in [0.29, 0.717) is 35.8 Å². The summed E-state index contributed by atoms with van der Waals surface area (Å²) in [6.45, 7) is 5.85. The Balaban J connectivity index is 1.06. The van der Waals surface area contributed by atoms with Crippen molar-refractivity contribution >= 4 is 53.2 Å². The molecule has 2 amide bonds. The van der Waals surface area contributed by atoms with E-state index in [4.69, 9.17) is 9.47 Å². The van der Waals surface area contributed by atoms with Gasteiger partial charge in [0, 0.05) is 39.9 Å². The molecule has 0 radical (unpaired) electrons. The topological polar surface area (TPSA) is 110 Å². The van der Waals surface area contributed by atoms with Gasteiger partial charge in [-0.15, -0.1) is 5.10 Å². The maximum absolute atomic E-state index is 16.5. The van der Waals surface area contributed by atoms with Gasteiger partial charge in [-0.3, -0.25) is 19.2 Å². The fourth-order valence-corrected chi connectivity index (χ4v) is 11.6. The number of hydrogen-bond donors (Lipinski definition) is 1. The number of anilines is 3. The molecule has 1 spiro atoms. The number of fused-ring (bicyclic) bond motifs is 3. The minimum Gasteiger partial charge on any atom is -0.482 e. The molecule has 1 saturated heterocycles. The fraction of sp³-hybridized carbons (Fsp3) is 0.317. The molecule has 1 N–H and O–H groups in total. The number of halogens is 2. The lowest BCUT2D eigenvalue weighted by atomic mass is 9.82. The Morgan fingerprint density at radius 2 is 1.74 bits per heavy atom. The zero-order valence-electron chi connectivity index (χ0n) is 30.2. The predicted octanol–water partition coefficient (Wildman–Crippen LogP) is 7.63. The van der Waals surface area contributed by atoms with E-state index in [9.17, 15) is 14.7 Å². The van der Waals surface area contributed by atoms with Gasteiger partial charge in [-0.2, -0.15) is 0 Å². The summed E-state index contributed by atoms with van der Waals surface area (Å²) < 4.78 is 31.6. The number of nitrogens with zero attached hydrogens (tertiary/aromatic N) is 5. The van der Waals surface area contributed by atoms with Gasteiger partial charge in [-0.1, -0.05) is 82.7 Å². The van der Waals surface area contributed by atoms with Gasteiger partial charge < -0.3 is 23.6 Å². The van der Waals surface area contributed by atoms with Crippen molar-refractivity contribution in [1.82, 2.24) is 15.0 Å². The van der Waals surface area contributed by atoms with Gasteiger partial charge in [-0.05, 0) is 73.1 Å². The van der Waals surface area contributed by atoms with Crippen LogP contribution in [-0.2, 0) is 33.0 Å². The number of hydrogen-bond acceptors (Lipinski definition) is 7. The molecule has 5 aromatic rings. The Labute approximate surface area is 322 Å². The van der Waals surface area contributed by atoms with Crippen molar-refractivity contribution in [2.24, 2.45) is 5.92 Å². The van der Waals surface area contributed by atoms with E-state index in [1.807, 2.05) is 110 Å². The van der Waals surface area contributed by atoms with Gasteiger partial charge in [0.05, 0.1) is 42.2 Å². The minimum absolute atomic E-state index is 0.0491. The smallest absolute Gasteiger partial charge is 0.269 e. The molecule has 278 valence electrons. The third-order valence-electron chi connectivity index (χ3n) is 11.1. The van der Waals surface area contributed by atoms with Crippen molar-refractivity contribution in [1.29, 1.82) is 0 Å². The third kappa shape index (κ3) is 6.26. The van der Waals surface area contributed by atoms with Gasteiger partial charge >= 0.3 is 0 Å². The van der Waals surface area contributed by atoms with Crippen LogP contribution in [0.4, 0.5) is 21.2 Å². The highest BCUT2D eigenvalue weighted by Gasteiger charge is 2.66. The number of amides is 2. The number of aryl methyl sites for hydroxylation is 1. The zero-order valence-corrected chi connectivity index (χ0v) is 32.8. The lowest BCUT2D eigenvalue weighted by Gasteiger charge is -2.31. The molecule has 3 aliphatic rings. The summed E-state index contributed by atoms with van der Waals surface area (Å²) in [6, 6.07) is 30.5. The maximum atomic E-state index is 16.5. The molecule has 4 aromatic carbocycles. The highest BCUT2D eigenvalue weighted by atomic mass is 79.9. The molecule has 4 heterocycles. The molecule has 0 aliphatic carbocycles. The van der Waals surface area contributed by atoms with Crippen molar-refractivity contribution in [3.8, 4) is 5.75 Å². The van der Waals surface area contributed by atoms with Gasteiger partial charge in [0.15, 0.2) is 12.2 Å². The van der Waals surface area contributed by atoms with E-state index >= 15 is 4.11 Å². The number of ether oxygens (including phenoxy) is 2. The summed E-state index contributed by atoms with van der Waals surface area (Å²) in [5.41, 5.74) is 3.44. The molecular formula is C41H41BrFN5O5Si. The molecule has 13 heteroatoms. The fourth-order valence-electron chi connectivity index (χ4n) is 8.66. The summed E-state index contributed by atoms with van der Waals surface area (Å²) in [4.78, 5) is 31.2. The quantitative estimate of drug-likeness (QED) is 0.114. The highest BCUT2D eigenvalue weighted by Crippen LogP contribution is 2.60. The second-order valence-corrected chi connectivity index (χ2v) is 19.5. The molecular weight excluding hydrogens is 769 g/mol. The summed E-state index contributed by atoms with van der Waals surface area (Å²) in [5.74, 6) is -0.505. The second-order valence-electron chi connectivity index (χ2n) is 14.8. The Hall–Kier alpha value is -4.69. The van der Waals surface area contributed by atoms with E-state index in [-0.39, 0.29) is 37.5 Å². The van der Waals surface area contributed by atoms with Crippen molar-refractivity contribution in [3.05, 3.63) is 130 Å². The average molecular weight is 811 g/mol. The molecule has 8 rings (SSSR count). The van der Waals surface area contributed by atoms with E-state index < -0.39 is 31.6 Å². The Bertz CT molecular complexity index is 2200. The normalized spacial score (nSPS) is 22.7. The van der Waals surface area contributed by atoms with Gasteiger partial charge in [0.25, 0.3) is 11.8 Å². The van der Waals surface area contributed by atoms with E-state index in [1.165, 1.54) is 0 Å². The lowest BCUT2D eigenvalue weighted by molar-refractivity contribution is -0.146. The van der Waals surface area contributed by atoms with Crippen LogP contribution in [0.1, 0.15) is 41.6 Å². The SMILES string of the molecule is C[C@H]1[C@H]([Si](C)(C)F)[C@@H](CCn2cc(C(CO)c3ccccc3)nn2)O[C@]12C(=O)N(Cc1ccc(N3C(=O)COc4ccccc43)cc1)c1ccc(Br)cc12. The Kier molecular flexibility index (Phi) is 9.53. The van der Waals surface area contributed by atoms with Crippen molar-refractivity contribution in [2.45, 2.75) is 62.7 Å². The monoisotopic (exact) mass is 809 g/mol. The zero-order chi connectivity index (χ0) is 37.8. The largest absolute Gasteiger partial charge is 0.482 e. The molecule has 1 fully saturated rings. The van der Waals surface area contributed by atoms with Crippen molar-refractivity contribution in [3.63, 3.8) is 0 Å². The van der Waals surface area contributed by atoms with E-state index in [2.05, 4.69) is 26.2 Å². The highest BCUT2D eigenvalue weighted by molar-refractivity contribution is 9.10. The standard InChI is InChI=1S/C41H41BrFN5O5Si/c1-26-39(54(2,3)43)37(19-20-46-23-33(44-45-46)31(24-49)28-9-5-4-6-10-28)53-41(26)32-21-29(42)15-18-34(32)47(40(41)51)22-27-13-16-30(17-14-27)48-35-11-7-8-12-36(35)52-25-38(48)50/h4-18,21,23,26,31,37,39,49H,19-20,22,24-25H2,1-3H3/t26-,31?,37+,39-,41+/m0/s1. The molecule has 0 saturated carbocycles. The van der Waals surface area contributed by atoms with Crippen LogP contribution in [0.15, 0.2) is 108 Å². The number of aromatic nitrogens is 3. The van der Waals surface area contributed by atoms with Gasteiger partial charge in [0.2, 0.25) is 8.41 Å². The van der Waals surface area contributed by atoms with Crippen LogP contribution in [0, 0.1) is 5.92 Å². The van der Waals surface area contributed by atoms with Crippen LogP contribution < -0.4 is 14.5 Å². The van der Waals surface area contributed by atoms with Gasteiger partial charge in [0.1, 0.15) is 5.75 Å². The van der Waals surface area contributed by atoms with Crippen LogP contribution in [0.25, 0.3) is 0 Å². The predicted molar refractivity (Wildman–Crippen MR) is 209 cm³/mol. The number of benzene rings is 4. The van der Waals surface area contributed by atoms with Crippen molar-refractivity contribution < 1.29 is 28.3 Å². The average Bonchev–Trinajstić information content (AvgIpc) is 3.82. The maximum Gasteiger partial charge on any atom is 0.269 e. The molecule has 5 atom stereocenters. The molecule has 1 aromatic heterocycles. The first-order valence-electron chi connectivity index (χ1n) is 18.2. The molecule has 54 heavy (non-hydrogen) atoms. The second kappa shape index (κ2) is 14.2. The summed E-state index contributed by atoms with van der Waals surface area (Å²) in [6.07, 6.45) is 1.70. The summed E-state index contributed by atoms with van der Waals surface area (Å²) in [7, 11) is -3.39. The van der Waals surface area contributed by atoms with Crippen LogP contribution in [0.3, 0.4) is 0 Å². The lowest BCUT2D eigenvalue weighted by Crippen LogP contribution is -2.45. The van der Waals surface area contributed by atoms with Crippen molar-refractivity contribution in [2.75, 3.05) is 23.0 Å². The number of aliphatic hydroxyl groups excluding tert-OH is 1. The number of rotatable bonds is 10. The summed E-state index contributed by atoms with van der Waals surface area (Å²) in [5, 5.41) is 18.9. The van der Waals surface area contributed by atoms with Gasteiger partial charge in [-0.25, -0.2) is 0 Å². The Morgan fingerprint density at radius 3 is 2.48 bits per heavy atom. The van der Waals surface area contributed by atoms with Crippen LogP contribution in [0.5, 0.6) is 5.75 Å². The molecule has 10 nitrogen and oxygen atoms in total. The number of carbonyl (C=O) groups excluding carboxylic acids is 2.